The van der Waals surface area contributed by atoms with Gasteiger partial charge in [0, 0.05) is 24.0 Å². The first-order valence-electron chi connectivity index (χ1n) is 12.6. The van der Waals surface area contributed by atoms with E-state index in [4.69, 9.17) is 12.2 Å². The fourth-order valence-corrected chi connectivity index (χ4v) is 9.87. The zero-order valence-electron chi connectivity index (χ0n) is 19.8. The number of anilines is 1. The van der Waals surface area contributed by atoms with E-state index in [1.807, 2.05) is 28.6 Å². The Morgan fingerprint density at radius 2 is 1.54 bits per heavy atom. The van der Waals surface area contributed by atoms with Crippen molar-refractivity contribution in [2.75, 3.05) is 11.9 Å². The summed E-state index contributed by atoms with van der Waals surface area (Å²) in [4.78, 5) is 33.6. The van der Waals surface area contributed by atoms with E-state index in [0.29, 0.717) is 9.23 Å². The number of rotatable bonds is 2. The van der Waals surface area contributed by atoms with Crippen molar-refractivity contribution in [2.45, 2.75) is 81.2 Å². The molecule has 3 fully saturated rings. The van der Waals surface area contributed by atoms with Crippen LogP contribution in [-0.2, 0) is 4.79 Å². The Morgan fingerprint density at radius 1 is 0.886 bits per heavy atom. The fraction of sp³-hybridized carbons (Fsp3) is 0.500. The van der Waals surface area contributed by atoms with E-state index in [2.05, 4.69) is 17.0 Å². The van der Waals surface area contributed by atoms with Gasteiger partial charge in [0.15, 0.2) is 0 Å². The molecule has 0 N–H and O–H groups in total. The zero-order valence-corrected chi connectivity index (χ0v) is 23.1. The van der Waals surface area contributed by atoms with Crippen LogP contribution in [0.1, 0.15) is 70.3 Å². The van der Waals surface area contributed by atoms with Gasteiger partial charge in [0.1, 0.15) is 23.4 Å². The largest absolute Gasteiger partial charge is 0.337 e. The van der Waals surface area contributed by atoms with Crippen molar-refractivity contribution in [3.63, 3.8) is 0 Å². The summed E-state index contributed by atoms with van der Waals surface area (Å²) in [7, 11) is 2.03. The summed E-state index contributed by atoms with van der Waals surface area (Å²) in [6.45, 7) is 0. The summed E-state index contributed by atoms with van der Waals surface area (Å²) in [5.41, 5.74) is 1.16. The molecule has 0 unspecified atom stereocenters. The smallest absolute Gasteiger partial charge is 0.272 e. The third-order valence-electron chi connectivity index (χ3n) is 7.64. The first-order valence-corrected chi connectivity index (χ1v) is 15.5. The summed E-state index contributed by atoms with van der Waals surface area (Å²) in [6, 6.07) is 8.60. The van der Waals surface area contributed by atoms with Crippen molar-refractivity contribution in [1.29, 1.82) is 0 Å². The standard InChI is InChI=1S/C26H29N3O2S4/c1-27-18-14-8-9-15-19(18)33-24(27)20-22(30)28(16-10-4-2-5-11-16)25(34-20)21-23(31)29(26(32)35-21)17-12-6-3-7-13-17/h8-9,14-17H,2-7,10-13H2,1H3. The third kappa shape index (κ3) is 4.12. The van der Waals surface area contributed by atoms with E-state index in [9.17, 15) is 9.59 Å². The number of benzene rings is 1. The number of thioether (sulfide) groups is 2. The lowest BCUT2D eigenvalue weighted by Gasteiger charge is -2.29. The van der Waals surface area contributed by atoms with E-state index in [-0.39, 0.29) is 23.6 Å². The highest BCUT2D eigenvalue weighted by Crippen LogP contribution is 2.45. The van der Waals surface area contributed by atoms with Crippen LogP contribution in [0, 0.1) is 0 Å². The molecule has 2 aliphatic heterocycles. The lowest BCUT2D eigenvalue weighted by Crippen LogP contribution is -2.41. The molecule has 4 aliphatic rings. The molecule has 6 rings (SSSR count). The van der Waals surface area contributed by atoms with Crippen LogP contribution >= 0.6 is 47.1 Å². The van der Waals surface area contributed by atoms with Crippen LogP contribution in [0.25, 0.3) is 9.93 Å². The molecular formula is C26H29N3O2S4. The average Bonchev–Trinajstić information content (AvgIpc) is 3.50. The Labute approximate surface area is 223 Å². The first-order chi connectivity index (χ1) is 17.0. The van der Waals surface area contributed by atoms with Gasteiger partial charge in [-0.1, -0.05) is 86.4 Å². The van der Waals surface area contributed by atoms with Gasteiger partial charge < -0.3 is 4.90 Å². The lowest BCUT2D eigenvalue weighted by molar-refractivity contribution is -0.122. The minimum Gasteiger partial charge on any atom is -0.337 e. The van der Waals surface area contributed by atoms with Crippen LogP contribution in [-0.4, -0.2) is 32.8 Å². The molecule has 2 aromatic rings. The number of fused-ring (bicyclic) bond motifs is 1. The average molecular weight is 544 g/mol. The number of hydrogen-bond donors (Lipinski definition) is 0. The van der Waals surface area contributed by atoms with Crippen LogP contribution in [0.2, 0.25) is 0 Å². The molecule has 1 saturated heterocycles. The number of carbonyl (C=O) groups is 1. The second-order valence-corrected chi connectivity index (χ2v) is 13.5. The van der Waals surface area contributed by atoms with Gasteiger partial charge >= 0.3 is 0 Å². The van der Waals surface area contributed by atoms with Crippen LogP contribution < -0.4 is 19.7 Å². The van der Waals surface area contributed by atoms with Gasteiger partial charge in [-0.15, -0.1) is 11.3 Å². The predicted octanol–water partition coefficient (Wildman–Crippen LogP) is 5.02. The topological polar surface area (TPSA) is 45.5 Å². The third-order valence-corrected chi connectivity index (χ3v) is 11.7. The number of amides is 1. The minimum absolute atomic E-state index is 0.00461. The van der Waals surface area contributed by atoms with E-state index in [1.165, 1.54) is 35.9 Å². The zero-order chi connectivity index (χ0) is 24.1. The van der Waals surface area contributed by atoms with Crippen molar-refractivity contribution in [2.24, 2.45) is 0 Å². The highest BCUT2D eigenvalue weighted by atomic mass is 32.2. The number of hydrogen-bond acceptors (Lipinski definition) is 7. The second kappa shape index (κ2) is 9.72. The van der Waals surface area contributed by atoms with E-state index in [0.717, 1.165) is 76.2 Å². The van der Waals surface area contributed by atoms with Crippen molar-refractivity contribution in [3.8, 4) is 0 Å². The van der Waals surface area contributed by atoms with E-state index >= 15 is 0 Å². The van der Waals surface area contributed by atoms with Crippen LogP contribution in [0.5, 0.6) is 0 Å². The monoisotopic (exact) mass is 543 g/mol. The molecule has 184 valence electrons. The number of para-hydroxylation sites is 1. The van der Waals surface area contributed by atoms with E-state index < -0.39 is 0 Å². The summed E-state index contributed by atoms with van der Waals surface area (Å²) in [5, 5.41) is 0.958. The molecule has 0 atom stereocenters. The summed E-state index contributed by atoms with van der Waals surface area (Å²) in [5.74, 6) is 0.00461. The summed E-state index contributed by atoms with van der Waals surface area (Å²) < 4.78 is 4.17. The van der Waals surface area contributed by atoms with Crippen molar-refractivity contribution in [3.05, 3.63) is 43.8 Å². The predicted molar refractivity (Wildman–Crippen MR) is 151 cm³/mol. The molecule has 1 amide bonds. The Kier molecular flexibility index (Phi) is 6.62. The lowest BCUT2D eigenvalue weighted by atomic mass is 9.94. The SMILES string of the molecule is CN1C(=c2sc(=C3SC(=S)N(C4CCCCC4)C3=O)n(C3CCCCC3)c2=O)Sc2ccccc21. The molecule has 35 heavy (non-hydrogen) atoms. The maximum Gasteiger partial charge on any atom is 0.272 e. The van der Waals surface area contributed by atoms with Crippen molar-refractivity contribution >= 4 is 72.9 Å². The van der Waals surface area contributed by atoms with Crippen molar-refractivity contribution in [1.82, 2.24) is 9.47 Å². The number of carbonyl (C=O) groups excluding carboxylic acids is 1. The second-order valence-electron chi connectivity index (χ2n) is 9.80. The maximum atomic E-state index is 14.0. The van der Waals surface area contributed by atoms with Gasteiger partial charge in [0.2, 0.25) is 0 Å². The highest BCUT2D eigenvalue weighted by Gasteiger charge is 2.39. The molecule has 2 saturated carbocycles. The Morgan fingerprint density at radius 3 is 2.23 bits per heavy atom. The molecular weight excluding hydrogens is 515 g/mol. The molecule has 0 bridgehead atoms. The molecule has 3 heterocycles. The molecule has 1 aromatic carbocycles. The van der Waals surface area contributed by atoms with E-state index in [1.54, 1.807) is 11.8 Å². The Bertz CT molecular complexity index is 1370. The molecule has 1 aromatic heterocycles. The normalized spacial score (nSPS) is 25.1. The van der Waals surface area contributed by atoms with Gasteiger partial charge in [0.25, 0.3) is 11.5 Å². The Hall–Kier alpha value is -1.55. The van der Waals surface area contributed by atoms with Gasteiger partial charge in [-0.05, 0) is 37.8 Å². The number of aromatic nitrogens is 1. The molecule has 0 radical (unpaired) electrons. The number of nitrogens with zero attached hydrogens (tertiary/aromatic N) is 3. The first kappa shape index (κ1) is 23.8. The molecule has 2 aliphatic carbocycles. The fourth-order valence-electron chi connectivity index (χ4n) is 5.82. The summed E-state index contributed by atoms with van der Waals surface area (Å²) in [6.07, 6.45) is 11.0. The van der Waals surface area contributed by atoms with Gasteiger partial charge in [0.05, 0.1) is 5.69 Å². The van der Waals surface area contributed by atoms with Gasteiger partial charge in [-0.2, -0.15) is 0 Å². The summed E-state index contributed by atoms with van der Waals surface area (Å²) >= 11 is 10.3. The van der Waals surface area contributed by atoms with Crippen LogP contribution in [0.15, 0.2) is 34.0 Å². The van der Waals surface area contributed by atoms with Crippen LogP contribution in [0.3, 0.4) is 0 Å². The molecule has 9 heteroatoms. The maximum absolute atomic E-state index is 14.0. The van der Waals surface area contributed by atoms with Gasteiger partial charge in [-0.25, -0.2) is 0 Å². The van der Waals surface area contributed by atoms with Crippen LogP contribution in [0.4, 0.5) is 5.69 Å². The Balaban J connectivity index is 1.53. The number of thiazole rings is 1. The van der Waals surface area contributed by atoms with Crippen molar-refractivity contribution < 1.29 is 4.79 Å². The molecule has 0 spiro atoms. The quantitative estimate of drug-likeness (QED) is 0.496. The minimum atomic E-state index is 0.00461. The highest BCUT2D eigenvalue weighted by molar-refractivity contribution is 8.30. The number of thiocarbonyl (C=S) groups is 1. The van der Waals surface area contributed by atoms with Gasteiger partial charge in [-0.3, -0.25) is 19.1 Å². The molecule has 5 nitrogen and oxygen atoms in total.